The van der Waals surface area contributed by atoms with E-state index in [4.69, 9.17) is 4.74 Å². The fraction of sp³-hybridized carbons (Fsp3) is 0.647. The molecule has 2 rings (SSSR count). The van der Waals surface area contributed by atoms with Gasteiger partial charge in [0, 0.05) is 25.7 Å². The summed E-state index contributed by atoms with van der Waals surface area (Å²) in [6, 6.07) is 10.3. The highest BCUT2D eigenvalue weighted by atomic mass is 16.5. The highest BCUT2D eigenvalue weighted by Crippen LogP contribution is 2.18. The number of ether oxygens (including phenoxy) is 1. The zero-order chi connectivity index (χ0) is 14.4. The quantitative estimate of drug-likeness (QED) is 0.750. The van der Waals surface area contributed by atoms with Gasteiger partial charge in [0.05, 0.1) is 6.61 Å². The van der Waals surface area contributed by atoms with E-state index in [0.29, 0.717) is 6.04 Å². The summed E-state index contributed by atoms with van der Waals surface area (Å²) in [5.41, 5.74) is 2.80. The molecule has 0 heterocycles. The number of likely N-dealkylation sites (N-methyl/N-ethyl adjacent to an activating group) is 1. The van der Waals surface area contributed by atoms with E-state index in [1.165, 1.54) is 24.0 Å². The van der Waals surface area contributed by atoms with Gasteiger partial charge >= 0.3 is 0 Å². The maximum absolute atomic E-state index is 5.20. The Balaban J connectivity index is 1.74. The highest BCUT2D eigenvalue weighted by Gasteiger charge is 2.19. The topological polar surface area (TPSA) is 24.5 Å². The number of rotatable bonds is 9. The molecule has 0 radical (unpaired) electrons. The van der Waals surface area contributed by atoms with Gasteiger partial charge in [0.15, 0.2) is 0 Å². The zero-order valence-corrected chi connectivity index (χ0v) is 13.1. The monoisotopic (exact) mass is 276 g/mol. The van der Waals surface area contributed by atoms with E-state index < -0.39 is 0 Å². The summed E-state index contributed by atoms with van der Waals surface area (Å²) in [5.74, 6) is 0. The van der Waals surface area contributed by atoms with Gasteiger partial charge in [-0.3, -0.25) is 4.90 Å². The van der Waals surface area contributed by atoms with Crippen LogP contribution in [0.15, 0.2) is 24.3 Å². The SMILES string of the molecule is COCC(C)N(C)Cc1ccc(CCNC2CC2)cc1. The summed E-state index contributed by atoms with van der Waals surface area (Å²) in [4.78, 5) is 2.33. The lowest BCUT2D eigenvalue weighted by Crippen LogP contribution is -2.32. The van der Waals surface area contributed by atoms with Gasteiger partial charge in [0.2, 0.25) is 0 Å². The van der Waals surface area contributed by atoms with Crippen LogP contribution in [0.3, 0.4) is 0 Å². The van der Waals surface area contributed by atoms with Crippen molar-refractivity contribution in [2.45, 2.75) is 44.8 Å². The van der Waals surface area contributed by atoms with E-state index in [9.17, 15) is 0 Å². The van der Waals surface area contributed by atoms with Crippen LogP contribution < -0.4 is 5.32 Å². The van der Waals surface area contributed by atoms with Crippen LogP contribution in [0.5, 0.6) is 0 Å². The van der Waals surface area contributed by atoms with Crippen LogP contribution in [0.2, 0.25) is 0 Å². The number of methoxy groups -OCH3 is 1. The Bertz CT molecular complexity index is 386. The van der Waals surface area contributed by atoms with E-state index in [1.54, 1.807) is 7.11 Å². The lowest BCUT2D eigenvalue weighted by molar-refractivity contribution is 0.112. The third-order valence-corrected chi connectivity index (χ3v) is 4.04. The lowest BCUT2D eigenvalue weighted by Gasteiger charge is -2.24. The Labute approximate surface area is 123 Å². The molecule has 1 aliphatic rings. The third kappa shape index (κ3) is 5.23. The molecular formula is C17H28N2O. The smallest absolute Gasteiger partial charge is 0.0615 e. The summed E-state index contributed by atoms with van der Waals surface area (Å²) in [7, 11) is 3.91. The van der Waals surface area contributed by atoms with Crippen molar-refractivity contribution in [3.63, 3.8) is 0 Å². The molecule has 1 saturated carbocycles. The van der Waals surface area contributed by atoms with Crippen molar-refractivity contribution in [3.05, 3.63) is 35.4 Å². The molecule has 112 valence electrons. The fourth-order valence-corrected chi connectivity index (χ4v) is 2.33. The molecule has 0 bridgehead atoms. The average molecular weight is 276 g/mol. The molecule has 1 atom stereocenters. The predicted octanol–water partition coefficient (Wildman–Crippen LogP) is 2.45. The second-order valence-electron chi connectivity index (χ2n) is 6.01. The first kappa shape index (κ1) is 15.5. The molecule has 0 aromatic heterocycles. The van der Waals surface area contributed by atoms with E-state index in [1.807, 2.05) is 0 Å². The van der Waals surface area contributed by atoms with E-state index >= 15 is 0 Å². The van der Waals surface area contributed by atoms with Crippen molar-refractivity contribution in [2.24, 2.45) is 0 Å². The molecule has 0 aliphatic heterocycles. The van der Waals surface area contributed by atoms with Gasteiger partial charge in [0.1, 0.15) is 0 Å². The van der Waals surface area contributed by atoms with E-state index in [-0.39, 0.29) is 0 Å². The van der Waals surface area contributed by atoms with Crippen molar-refractivity contribution in [3.8, 4) is 0 Å². The normalized spacial score (nSPS) is 16.6. The Hall–Kier alpha value is -0.900. The molecular weight excluding hydrogens is 248 g/mol. The van der Waals surface area contributed by atoms with Gasteiger partial charge in [-0.2, -0.15) is 0 Å². The summed E-state index contributed by atoms with van der Waals surface area (Å²) >= 11 is 0. The summed E-state index contributed by atoms with van der Waals surface area (Å²) in [5, 5.41) is 3.56. The summed E-state index contributed by atoms with van der Waals surface area (Å²) in [6.45, 7) is 5.06. The van der Waals surface area contributed by atoms with Gasteiger partial charge in [0.25, 0.3) is 0 Å². The Morgan fingerprint density at radius 1 is 1.25 bits per heavy atom. The van der Waals surface area contributed by atoms with Gasteiger partial charge in [-0.1, -0.05) is 24.3 Å². The minimum atomic E-state index is 0.447. The second kappa shape index (κ2) is 7.77. The van der Waals surface area contributed by atoms with Gasteiger partial charge in [-0.15, -0.1) is 0 Å². The van der Waals surface area contributed by atoms with Crippen molar-refractivity contribution < 1.29 is 4.74 Å². The Morgan fingerprint density at radius 3 is 2.50 bits per heavy atom. The van der Waals surface area contributed by atoms with Crippen LogP contribution in [-0.2, 0) is 17.7 Å². The first-order valence-corrected chi connectivity index (χ1v) is 7.69. The summed E-state index contributed by atoms with van der Waals surface area (Å²) in [6.07, 6.45) is 3.86. The first-order valence-electron chi connectivity index (χ1n) is 7.69. The molecule has 1 aromatic rings. The van der Waals surface area contributed by atoms with Gasteiger partial charge in [-0.25, -0.2) is 0 Å². The molecule has 3 heteroatoms. The molecule has 1 aromatic carbocycles. The van der Waals surface area contributed by atoms with Gasteiger partial charge in [-0.05, 0) is 50.9 Å². The summed E-state index contributed by atoms with van der Waals surface area (Å²) < 4.78 is 5.20. The molecule has 20 heavy (non-hydrogen) atoms. The molecule has 0 amide bonds. The Kier molecular flexibility index (Phi) is 6.02. The van der Waals surface area contributed by atoms with Crippen molar-refractivity contribution >= 4 is 0 Å². The minimum Gasteiger partial charge on any atom is -0.383 e. The third-order valence-electron chi connectivity index (χ3n) is 4.04. The van der Waals surface area contributed by atoms with Crippen molar-refractivity contribution in [1.82, 2.24) is 10.2 Å². The predicted molar refractivity (Wildman–Crippen MR) is 84.0 cm³/mol. The molecule has 0 spiro atoms. The number of nitrogens with zero attached hydrogens (tertiary/aromatic N) is 1. The lowest BCUT2D eigenvalue weighted by atomic mass is 10.1. The average Bonchev–Trinajstić information content (AvgIpc) is 3.25. The van der Waals surface area contributed by atoms with Crippen LogP contribution in [0.4, 0.5) is 0 Å². The van der Waals surface area contributed by atoms with Crippen LogP contribution in [0, 0.1) is 0 Å². The minimum absolute atomic E-state index is 0.447. The maximum Gasteiger partial charge on any atom is 0.0615 e. The van der Waals surface area contributed by atoms with Crippen molar-refractivity contribution in [2.75, 3.05) is 27.3 Å². The standard InChI is InChI=1S/C17H28N2O/c1-14(13-20-3)19(2)12-16-6-4-15(5-7-16)10-11-18-17-8-9-17/h4-7,14,17-18H,8-13H2,1-3H3. The second-order valence-corrected chi connectivity index (χ2v) is 6.01. The van der Waals surface area contributed by atoms with Crippen LogP contribution >= 0.6 is 0 Å². The number of hydrogen-bond acceptors (Lipinski definition) is 3. The first-order chi connectivity index (χ1) is 9.69. The van der Waals surface area contributed by atoms with E-state index in [0.717, 1.165) is 32.2 Å². The number of hydrogen-bond donors (Lipinski definition) is 1. The Morgan fingerprint density at radius 2 is 1.90 bits per heavy atom. The molecule has 1 aliphatic carbocycles. The largest absolute Gasteiger partial charge is 0.383 e. The fourth-order valence-electron chi connectivity index (χ4n) is 2.33. The van der Waals surface area contributed by atoms with Crippen LogP contribution in [0.1, 0.15) is 30.9 Å². The molecule has 1 unspecified atom stereocenters. The highest BCUT2D eigenvalue weighted by molar-refractivity contribution is 5.22. The molecule has 1 N–H and O–H groups in total. The van der Waals surface area contributed by atoms with E-state index in [2.05, 4.69) is 48.5 Å². The molecule has 0 saturated heterocycles. The van der Waals surface area contributed by atoms with Crippen molar-refractivity contribution in [1.29, 1.82) is 0 Å². The zero-order valence-electron chi connectivity index (χ0n) is 13.1. The number of nitrogens with one attached hydrogen (secondary N) is 1. The molecule has 3 nitrogen and oxygen atoms in total. The van der Waals surface area contributed by atoms with Crippen LogP contribution in [0.25, 0.3) is 0 Å². The maximum atomic E-state index is 5.20. The number of benzene rings is 1. The molecule has 1 fully saturated rings. The van der Waals surface area contributed by atoms with Gasteiger partial charge < -0.3 is 10.1 Å². The van der Waals surface area contributed by atoms with Crippen LogP contribution in [-0.4, -0.2) is 44.3 Å².